The van der Waals surface area contributed by atoms with Crippen molar-refractivity contribution in [2.45, 2.75) is 27.7 Å². The molecule has 0 aliphatic carbocycles. The van der Waals surface area contributed by atoms with E-state index < -0.39 is 0 Å². The Morgan fingerprint density at radius 3 is 1.05 bits per heavy atom. The average Bonchev–Trinajstić information content (AvgIpc) is 2.86. The van der Waals surface area contributed by atoms with E-state index in [1.807, 2.05) is 12.1 Å². The van der Waals surface area contributed by atoms with Gasteiger partial charge in [0.15, 0.2) is 0 Å². The Morgan fingerprint density at radius 2 is 0.763 bits per heavy atom. The van der Waals surface area contributed by atoms with Crippen LogP contribution in [0, 0.1) is 27.7 Å². The van der Waals surface area contributed by atoms with Crippen molar-refractivity contribution in [3.05, 3.63) is 82.9 Å². The molecule has 38 heavy (non-hydrogen) atoms. The lowest BCUT2D eigenvalue weighted by Crippen LogP contribution is -2.16. The zero-order valence-corrected chi connectivity index (χ0v) is 25.4. The third-order valence-electron chi connectivity index (χ3n) is 6.31. The summed E-state index contributed by atoms with van der Waals surface area (Å²) in [6.45, 7) is 8.57. The van der Waals surface area contributed by atoms with E-state index in [0.29, 0.717) is 17.2 Å². The van der Waals surface area contributed by atoms with Crippen LogP contribution in [0.25, 0.3) is 11.1 Å². The van der Waals surface area contributed by atoms with Gasteiger partial charge in [-0.2, -0.15) is 0 Å². The maximum Gasteiger partial charge on any atom is 0.131 e. The predicted molar refractivity (Wildman–Crippen MR) is 165 cm³/mol. The number of methoxy groups -OCH3 is 4. The molecule has 4 aromatic carbocycles. The molecule has 198 valence electrons. The fourth-order valence-corrected chi connectivity index (χ4v) is 7.85. The second kappa shape index (κ2) is 12.2. The molecule has 0 spiro atoms. The number of hydrogen-bond acceptors (Lipinski definition) is 4. The van der Waals surface area contributed by atoms with Gasteiger partial charge in [-0.25, -0.2) is 0 Å². The van der Waals surface area contributed by atoms with Crippen LogP contribution in [0.4, 0.5) is 0 Å². The first-order valence-corrected chi connectivity index (χ1v) is 14.5. The van der Waals surface area contributed by atoms with Crippen molar-refractivity contribution in [2.24, 2.45) is 0 Å². The molecule has 0 aliphatic rings. The summed E-state index contributed by atoms with van der Waals surface area (Å²) in [4.78, 5) is 0. The zero-order chi connectivity index (χ0) is 27.4. The lowest BCUT2D eigenvalue weighted by atomic mass is 10.0. The largest absolute Gasteiger partial charge is 0.497 e. The molecule has 0 bridgehead atoms. The van der Waals surface area contributed by atoms with E-state index >= 15 is 0 Å². The first-order chi connectivity index (χ1) is 18.2. The van der Waals surface area contributed by atoms with Gasteiger partial charge in [-0.1, -0.05) is 75.8 Å². The van der Waals surface area contributed by atoms with Crippen molar-refractivity contribution in [1.29, 1.82) is 0 Å². The molecule has 2 atom stereocenters. The van der Waals surface area contributed by atoms with E-state index in [2.05, 4.69) is 76.2 Å². The zero-order valence-electron chi connectivity index (χ0n) is 23.4. The molecule has 0 aliphatic heterocycles. The molecule has 6 heteroatoms. The summed E-state index contributed by atoms with van der Waals surface area (Å²) >= 11 is 0. The van der Waals surface area contributed by atoms with Crippen molar-refractivity contribution in [3.8, 4) is 34.1 Å². The van der Waals surface area contributed by atoms with Crippen molar-refractivity contribution in [1.82, 2.24) is 0 Å². The van der Waals surface area contributed by atoms with Gasteiger partial charge in [0, 0.05) is 23.3 Å². The van der Waals surface area contributed by atoms with Gasteiger partial charge in [-0.3, -0.25) is 0 Å². The van der Waals surface area contributed by atoms with Crippen LogP contribution in [0.5, 0.6) is 23.0 Å². The van der Waals surface area contributed by atoms with Gasteiger partial charge in [0.2, 0.25) is 0 Å². The Hall–Kier alpha value is -3.06. The minimum absolute atomic E-state index is 0.405. The molecule has 0 fully saturated rings. The highest BCUT2D eigenvalue weighted by atomic mass is 31.1. The summed E-state index contributed by atoms with van der Waals surface area (Å²) in [5.74, 6) is 3.05. The van der Waals surface area contributed by atoms with Gasteiger partial charge in [0.05, 0.1) is 28.4 Å². The summed E-state index contributed by atoms with van der Waals surface area (Å²) in [6, 6.07) is 21.6. The maximum atomic E-state index is 6.01. The highest BCUT2D eigenvalue weighted by Gasteiger charge is 2.23. The normalized spacial score (nSPS) is 11.5. The Morgan fingerprint density at radius 1 is 0.421 bits per heavy atom. The fraction of sp³-hybridized carbons (Fsp3) is 0.250. The van der Waals surface area contributed by atoms with Crippen LogP contribution in [-0.2, 0) is 0 Å². The van der Waals surface area contributed by atoms with E-state index in [9.17, 15) is 0 Å². The van der Waals surface area contributed by atoms with E-state index in [4.69, 9.17) is 18.9 Å². The van der Waals surface area contributed by atoms with Crippen molar-refractivity contribution in [3.63, 3.8) is 0 Å². The summed E-state index contributed by atoms with van der Waals surface area (Å²) in [5, 5.41) is 4.82. The van der Waals surface area contributed by atoms with Crippen LogP contribution in [-0.4, -0.2) is 28.4 Å². The Balaban J connectivity index is 2.00. The Kier molecular flexibility index (Phi) is 8.98. The highest BCUT2D eigenvalue weighted by molar-refractivity contribution is 7.56. The molecule has 0 aromatic heterocycles. The molecule has 0 heterocycles. The fourth-order valence-electron chi connectivity index (χ4n) is 4.86. The summed E-state index contributed by atoms with van der Waals surface area (Å²) in [6.07, 6.45) is 0. The van der Waals surface area contributed by atoms with E-state index in [1.54, 1.807) is 28.4 Å². The van der Waals surface area contributed by atoms with E-state index in [1.165, 1.54) is 32.9 Å². The minimum atomic E-state index is 0.405. The molecular formula is C32H36O4P2. The van der Waals surface area contributed by atoms with Gasteiger partial charge in [0.1, 0.15) is 23.0 Å². The van der Waals surface area contributed by atoms with Crippen LogP contribution >= 0.6 is 17.2 Å². The summed E-state index contributed by atoms with van der Waals surface area (Å²) < 4.78 is 23.4. The van der Waals surface area contributed by atoms with Crippen molar-refractivity contribution >= 4 is 38.4 Å². The molecule has 0 saturated carbocycles. The van der Waals surface area contributed by atoms with E-state index in [0.717, 1.165) is 44.7 Å². The topological polar surface area (TPSA) is 36.9 Å². The van der Waals surface area contributed by atoms with Gasteiger partial charge >= 0.3 is 0 Å². The van der Waals surface area contributed by atoms with Gasteiger partial charge in [0.25, 0.3) is 0 Å². The monoisotopic (exact) mass is 546 g/mol. The minimum Gasteiger partial charge on any atom is -0.497 e. The maximum absolute atomic E-state index is 6.01. The van der Waals surface area contributed by atoms with Crippen LogP contribution in [0.3, 0.4) is 0 Å². The molecule has 4 nitrogen and oxygen atoms in total. The lowest BCUT2D eigenvalue weighted by molar-refractivity contribution is 0.392. The van der Waals surface area contributed by atoms with Gasteiger partial charge in [-0.05, 0) is 61.0 Å². The molecule has 4 rings (SSSR count). The summed E-state index contributed by atoms with van der Waals surface area (Å²) in [7, 11) is 7.62. The Bertz CT molecular complexity index is 1310. The smallest absolute Gasteiger partial charge is 0.131 e. The standard InChI is InChI=1S/C32H36O4P2/c1-19-9-20(2)12-25(11-19)37-29-17-23(33-5)15-27(35-7)31(29)32-28(36-8)16-24(34-6)18-30(32)38-26-13-21(3)10-22(4)14-26/h9-18,37-38H,1-8H3. The third-order valence-corrected chi connectivity index (χ3v) is 8.80. The predicted octanol–water partition coefficient (Wildman–Crippen LogP) is 5.88. The first kappa shape index (κ1) is 28.0. The highest BCUT2D eigenvalue weighted by Crippen LogP contribution is 2.42. The van der Waals surface area contributed by atoms with E-state index in [-0.39, 0.29) is 0 Å². The van der Waals surface area contributed by atoms with Crippen LogP contribution < -0.4 is 40.2 Å². The van der Waals surface area contributed by atoms with Crippen LogP contribution in [0.1, 0.15) is 22.3 Å². The first-order valence-electron chi connectivity index (χ1n) is 12.5. The average molecular weight is 547 g/mol. The molecule has 0 N–H and O–H groups in total. The number of ether oxygens (including phenoxy) is 4. The van der Waals surface area contributed by atoms with Gasteiger partial charge in [-0.15, -0.1) is 0 Å². The van der Waals surface area contributed by atoms with Crippen LogP contribution in [0.2, 0.25) is 0 Å². The van der Waals surface area contributed by atoms with Crippen LogP contribution in [0.15, 0.2) is 60.7 Å². The van der Waals surface area contributed by atoms with Crippen molar-refractivity contribution in [2.75, 3.05) is 28.4 Å². The SMILES string of the molecule is COc1cc(OC)c(-c2c(OC)cc(OC)cc2Pc2cc(C)cc(C)c2)c(Pc2cc(C)cc(C)c2)c1. The lowest BCUT2D eigenvalue weighted by Gasteiger charge is -2.22. The Labute approximate surface area is 230 Å². The molecule has 0 saturated heterocycles. The molecule has 0 amide bonds. The third kappa shape index (κ3) is 6.32. The summed E-state index contributed by atoms with van der Waals surface area (Å²) in [5.41, 5.74) is 7.06. The molecule has 2 unspecified atom stereocenters. The second-order valence-electron chi connectivity index (χ2n) is 9.51. The number of rotatable bonds is 9. The quantitative estimate of drug-likeness (QED) is 0.246. The number of aryl methyl sites for hydroxylation is 4. The van der Waals surface area contributed by atoms with Crippen molar-refractivity contribution < 1.29 is 18.9 Å². The van der Waals surface area contributed by atoms with Gasteiger partial charge < -0.3 is 18.9 Å². The molecule has 0 radical (unpaired) electrons. The number of hydrogen-bond donors (Lipinski definition) is 0. The second-order valence-corrected chi connectivity index (χ2v) is 12.2. The molecule has 4 aromatic rings. The number of benzene rings is 4. The molecular weight excluding hydrogens is 510 g/mol.